The van der Waals surface area contributed by atoms with Gasteiger partial charge in [-0.05, 0) is 49.1 Å². The molecule has 150 valence electrons. The average Bonchev–Trinajstić information content (AvgIpc) is 3.14. The van der Waals surface area contributed by atoms with Gasteiger partial charge >= 0.3 is 0 Å². The highest BCUT2D eigenvalue weighted by atomic mass is 32.2. The van der Waals surface area contributed by atoms with Gasteiger partial charge in [-0.3, -0.25) is 4.79 Å². The molecule has 0 aliphatic carbocycles. The van der Waals surface area contributed by atoms with Gasteiger partial charge in [0.15, 0.2) is 8.29 Å². The molecule has 0 unspecified atom stereocenters. The first-order valence-electron chi connectivity index (χ1n) is 9.45. The standard InChI is InChI=1S/C21H22N4OS3/c1-23-11-13-24(14-12-23)19(26)17-7-9-18(10-8-17)25-21(27)29-20(22-25)28-15-16-5-3-2-4-6-16/h2-10H,11-15H2,1H3. The maximum absolute atomic E-state index is 12.7. The quantitative estimate of drug-likeness (QED) is 0.434. The van der Waals surface area contributed by atoms with Crippen LogP contribution in [0.25, 0.3) is 5.69 Å². The van der Waals surface area contributed by atoms with E-state index in [1.807, 2.05) is 47.4 Å². The highest BCUT2D eigenvalue weighted by Gasteiger charge is 2.20. The second-order valence-corrected chi connectivity index (χ2v) is 9.81. The number of carbonyl (C=O) groups is 1. The summed E-state index contributed by atoms with van der Waals surface area (Å²) in [6.45, 7) is 3.38. The van der Waals surface area contributed by atoms with Crippen LogP contribution in [-0.2, 0) is 5.75 Å². The molecule has 8 heteroatoms. The van der Waals surface area contributed by atoms with Crippen molar-refractivity contribution in [3.8, 4) is 5.69 Å². The molecule has 0 bridgehead atoms. The number of hydrogen-bond acceptors (Lipinski definition) is 6. The summed E-state index contributed by atoms with van der Waals surface area (Å²) in [6.07, 6.45) is 0. The molecule has 3 aromatic rings. The van der Waals surface area contributed by atoms with E-state index in [0.29, 0.717) is 9.52 Å². The number of amides is 1. The normalized spacial score (nSPS) is 14.9. The maximum atomic E-state index is 12.7. The van der Waals surface area contributed by atoms with Crippen LogP contribution < -0.4 is 0 Å². The number of thioether (sulfide) groups is 1. The van der Waals surface area contributed by atoms with Crippen molar-refractivity contribution < 1.29 is 4.79 Å². The van der Waals surface area contributed by atoms with Crippen LogP contribution in [0.4, 0.5) is 0 Å². The maximum Gasteiger partial charge on any atom is 0.253 e. The molecule has 0 radical (unpaired) electrons. The number of nitrogens with zero attached hydrogens (tertiary/aromatic N) is 4. The highest BCUT2D eigenvalue weighted by Crippen LogP contribution is 2.27. The van der Waals surface area contributed by atoms with Crippen molar-refractivity contribution in [1.82, 2.24) is 19.6 Å². The Hall–Kier alpha value is -2.00. The molecule has 4 rings (SSSR count). The molecule has 1 saturated heterocycles. The van der Waals surface area contributed by atoms with Gasteiger partial charge in [-0.1, -0.05) is 53.4 Å². The Morgan fingerprint density at radius 1 is 1.07 bits per heavy atom. The van der Waals surface area contributed by atoms with E-state index < -0.39 is 0 Å². The second kappa shape index (κ2) is 9.21. The Kier molecular flexibility index (Phi) is 6.44. The van der Waals surface area contributed by atoms with Gasteiger partial charge in [-0.2, -0.15) is 0 Å². The molecule has 1 aliphatic rings. The zero-order chi connectivity index (χ0) is 20.2. The molecular weight excluding hydrogens is 420 g/mol. The molecular formula is C21H22N4OS3. The van der Waals surface area contributed by atoms with Gasteiger partial charge in [0.1, 0.15) is 0 Å². The van der Waals surface area contributed by atoms with Gasteiger partial charge in [0.2, 0.25) is 0 Å². The second-order valence-electron chi connectivity index (χ2n) is 6.96. The number of rotatable bonds is 5. The lowest BCUT2D eigenvalue weighted by Gasteiger charge is -2.32. The number of hydrogen-bond donors (Lipinski definition) is 0. The predicted molar refractivity (Wildman–Crippen MR) is 122 cm³/mol. The number of piperazine rings is 1. The van der Waals surface area contributed by atoms with Crippen LogP contribution in [0.15, 0.2) is 58.9 Å². The minimum Gasteiger partial charge on any atom is -0.336 e. The summed E-state index contributed by atoms with van der Waals surface area (Å²) in [4.78, 5) is 16.9. The van der Waals surface area contributed by atoms with Crippen molar-refractivity contribution in [2.75, 3.05) is 33.2 Å². The number of carbonyl (C=O) groups excluding carboxylic acids is 1. The van der Waals surface area contributed by atoms with Crippen LogP contribution in [0.5, 0.6) is 0 Å². The first-order chi connectivity index (χ1) is 14.1. The van der Waals surface area contributed by atoms with Crippen LogP contribution in [0.3, 0.4) is 0 Å². The van der Waals surface area contributed by atoms with Crippen molar-refractivity contribution in [1.29, 1.82) is 0 Å². The van der Waals surface area contributed by atoms with Crippen molar-refractivity contribution in [3.63, 3.8) is 0 Å². The van der Waals surface area contributed by atoms with Gasteiger partial charge in [0.25, 0.3) is 5.91 Å². The monoisotopic (exact) mass is 442 g/mol. The largest absolute Gasteiger partial charge is 0.336 e. The van der Waals surface area contributed by atoms with E-state index in [4.69, 9.17) is 12.2 Å². The summed E-state index contributed by atoms with van der Waals surface area (Å²) in [5.74, 6) is 0.951. The van der Waals surface area contributed by atoms with Gasteiger partial charge in [0, 0.05) is 37.5 Å². The van der Waals surface area contributed by atoms with E-state index in [0.717, 1.165) is 42.0 Å². The Balaban J connectivity index is 1.44. The van der Waals surface area contributed by atoms with E-state index in [-0.39, 0.29) is 5.91 Å². The van der Waals surface area contributed by atoms with Crippen molar-refractivity contribution in [2.45, 2.75) is 10.1 Å². The van der Waals surface area contributed by atoms with Gasteiger partial charge in [-0.25, -0.2) is 4.68 Å². The molecule has 0 N–H and O–H groups in total. The predicted octanol–water partition coefficient (Wildman–Crippen LogP) is 4.34. The van der Waals surface area contributed by atoms with Crippen LogP contribution in [0, 0.1) is 3.95 Å². The van der Waals surface area contributed by atoms with Gasteiger partial charge in [0.05, 0.1) is 5.69 Å². The zero-order valence-electron chi connectivity index (χ0n) is 16.2. The minimum absolute atomic E-state index is 0.0885. The van der Waals surface area contributed by atoms with Crippen LogP contribution >= 0.6 is 35.3 Å². The average molecular weight is 443 g/mol. The molecule has 0 saturated carbocycles. The third-order valence-corrected chi connectivity index (χ3v) is 7.32. The topological polar surface area (TPSA) is 41.4 Å². The Labute approximate surface area is 184 Å². The van der Waals surface area contributed by atoms with Crippen molar-refractivity contribution in [2.24, 2.45) is 0 Å². The van der Waals surface area contributed by atoms with E-state index in [2.05, 4.69) is 29.2 Å². The van der Waals surface area contributed by atoms with Crippen LogP contribution in [0.2, 0.25) is 0 Å². The first-order valence-corrected chi connectivity index (χ1v) is 11.7. The zero-order valence-corrected chi connectivity index (χ0v) is 18.6. The van der Waals surface area contributed by atoms with E-state index in [1.54, 1.807) is 16.4 Å². The Morgan fingerprint density at radius 2 is 1.76 bits per heavy atom. The summed E-state index contributed by atoms with van der Waals surface area (Å²) in [5.41, 5.74) is 2.85. The molecule has 5 nitrogen and oxygen atoms in total. The fraction of sp³-hybridized carbons (Fsp3) is 0.286. The van der Waals surface area contributed by atoms with E-state index >= 15 is 0 Å². The summed E-state index contributed by atoms with van der Waals surface area (Å²) in [7, 11) is 2.08. The molecule has 0 spiro atoms. The molecule has 1 amide bonds. The fourth-order valence-corrected chi connectivity index (χ4v) is 5.46. The SMILES string of the molecule is CN1CCN(C(=O)c2ccc(-n3nc(SCc4ccccc4)sc3=S)cc2)CC1. The van der Waals surface area contributed by atoms with Gasteiger partial charge < -0.3 is 9.80 Å². The lowest BCUT2D eigenvalue weighted by molar-refractivity contribution is 0.0664. The smallest absolute Gasteiger partial charge is 0.253 e. The van der Waals surface area contributed by atoms with E-state index in [9.17, 15) is 4.79 Å². The molecule has 1 aliphatic heterocycles. The molecule has 1 fully saturated rings. The molecule has 1 aromatic heterocycles. The molecule has 0 atom stereocenters. The molecule has 2 heterocycles. The van der Waals surface area contributed by atoms with Crippen molar-refractivity contribution in [3.05, 3.63) is 69.7 Å². The fourth-order valence-electron chi connectivity index (χ4n) is 3.14. The summed E-state index contributed by atoms with van der Waals surface area (Å²) >= 11 is 8.71. The highest BCUT2D eigenvalue weighted by molar-refractivity contribution is 8.00. The third kappa shape index (κ3) is 4.95. The summed E-state index contributed by atoms with van der Waals surface area (Å²) in [6, 6.07) is 17.9. The lowest BCUT2D eigenvalue weighted by atomic mass is 10.1. The molecule has 29 heavy (non-hydrogen) atoms. The third-order valence-electron chi connectivity index (χ3n) is 4.88. The van der Waals surface area contributed by atoms with Gasteiger partial charge in [-0.15, -0.1) is 5.10 Å². The first kappa shape index (κ1) is 20.3. The summed E-state index contributed by atoms with van der Waals surface area (Å²) in [5, 5.41) is 4.66. The van der Waals surface area contributed by atoms with E-state index in [1.165, 1.54) is 16.9 Å². The number of aromatic nitrogens is 2. The van der Waals surface area contributed by atoms with Crippen molar-refractivity contribution >= 4 is 41.2 Å². The molecule has 2 aromatic carbocycles. The van der Waals surface area contributed by atoms with Crippen LogP contribution in [0.1, 0.15) is 15.9 Å². The Bertz CT molecular complexity index is 1020. The Morgan fingerprint density at radius 3 is 2.45 bits per heavy atom. The number of likely N-dealkylation sites (N-methyl/N-ethyl adjacent to an activating group) is 1. The lowest BCUT2D eigenvalue weighted by Crippen LogP contribution is -2.47. The summed E-state index contributed by atoms with van der Waals surface area (Å²) < 4.78 is 3.42. The van der Waals surface area contributed by atoms with Crippen LogP contribution in [-0.4, -0.2) is 58.7 Å². The number of benzene rings is 2. The minimum atomic E-state index is 0.0885.